The van der Waals surface area contributed by atoms with Crippen LogP contribution < -0.4 is 10.6 Å². The van der Waals surface area contributed by atoms with E-state index in [0.717, 1.165) is 38.0 Å². The van der Waals surface area contributed by atoms with Gasteiger partial charge in [-0.25, -0.2) is 14.4 Å². The number of fused-ring (bicyclic) bond motifs is 3. The summed E-state index contributed by atoms with van der Waals surface area (Å²) in [6.45, 7) is 4.54. The van der Waals surface area contributed by atoms with Crippen molar-refractivity contribution in [1.29, 1.82) is 0 Å². The Balaban J connectivity index is 1.03. The number of nitrogens with two attached hydrogens (primary N) is 1. The lowest BCUT2D eigenvalue weighted by Crippen LogP contribution is -2.47. The van der Waals surface area contributed by atoms with Crippen molar-refractivity contribution < 1.29 is 8.81 Å². The van der Waals surface area contributed by atoms with Crippen LogP contribution in [0.2, 0.25) is 0 Å². The molecule has 4 aromatic heterocycles. The summed E-state index contributed by atoms with van der Waals surface area (Å²) in [6.07, 6.45) is 7.14. The number of rotatable bonds is 5. The van der Waals surface area contributed by atoms with Gasteiger partial charge in [-0.3, -0.25) is 4.90 Å². The van der Waals surface area contributed by atoms with Gasteiger partial charge in [0.05, 0.1) is 18.2 Å². The fourth-order valence-electron chi connectivity index (χ4n) is 4.76. The van der Waals surface area contributed by atoms with E-state index in [1.807, 2.05) is 4.57 Å². The molecule has 38 heavy (non-hydrogen) atoms. The van der Waals surface area contributed by atoms with Crippen LogP contribution >= 0.6 is 0 Å². The van der Waals surface area contributed by atoms with Gasteiger partial charge in [-0.1, -0.05) is 5.92 Å². The molecule has 0 amide bonds. The van der Waals surface area contributed by atoms with E-state index in [9.17, 15) is 4.39 Å². The second-order valence-electron chi connectivity index (χ2n) is 9.63. The van der Waals surface area contributed by atoms with E-state index in [-0.39, 0.29) is 11.8 Å². The lowest BCUT2D eigenvalue weighted by atomic mass is 10.1. The van der Waals surface area contributed by atoms with Gasteiger partial charge >= 0.3 is 0 Å². The van der Waals surface area contributed by atoms with Gasteiger partial charge in [-0.15, -0.1) is 5.10 Å². The molecule has 1 saturated heterocycles. The summed E-state index contributed by atoms with van der Waals surface area (Å²) in [7, 11) is 0. The first-order valence-corrected chi connectivity index (χ1v) is 12.7. The average Bonchev–Trinajstić information content (AvgIpc) is 3.29. The molecule has 2 aliphatic rings. The molecular formula is C26H25FN10O. The summed E-state index contributed by atoms with van der Waals surface area (Å²) in [6, 6.07) is 4.96. The van der Waals surface area contributed by atoms with E-state index in [2.05, 4.69) is 46.7 Å². The number of hydrogen-bond donors (Lipinski definition) is 1. The van der Waals surface area contributed by atoms with E-state index in [1.54, 1.807) is 24.7 Å². The zero-order valence-corrected chi connectivity index (χ0v) is 20.6. The van der Waals surface area contributed by atoms with Gasteiger partial charge in [-0.2, -0.15) is 14.5 Å². The molecule has 0 unspecified atom stereocenters. The Morgan fingerprint density at radius 1 is 1.05 bits per heavy atom. The normalized spacial score (nSPS) is 16.3. The van der Waals surface area contributed by atoms with E-state index in [1.165, 1.54) is 16.8 Å². The van der Waals surface area contributed by atoms with Crippen molar-refractivity contribution in [1.82, 2.24) is 39.0 Å². The zero-order chi connectivity index (χ0) is 25.6. The Morgan fingerprint density at radius 3 is 2.71 bits per heavy atom. The number of imidazole rings is 1. The van der Waals surface area contributed by atoms with Crippen LogP contribution in [0.1, 0.15) is 18.7 Å². The van der Waals surface area contributed by atoms with Gasteiger partial charge < -0.3 is 19.6 Å². The first-order chi connectivity index (χ1) is 18.6. The minimum atomic E-state index is -0.247. The van der Waals surface area contributed by atoms with Gasteiger partial charge in [0.25, 0.3) is 0 Å². The van der Waals surface area contributed by atoms with Crippen molar-refractivity contribution in [2.24, 2.45) is 5.92 Å². The number of aromatic nitrogens is 7. The number of benzene rings is 1. The molecule has 1 aliphatic carbocycles. The van der Waals surface area contributed by atoms with Crippen molar-refractivity contribution in [3.05, 3.63) is 48.6 Å². The largest absolute Gasteiger partial charge is 0.445 e. The molecule has 5 aromatic rings. The number of hydrogen-bond acceptors (Lipinski definition) is 9. The lowest BCUT2D eigenvalue weighted by molar-refractivity contribution is 0.248. The molecule has 7 rings (SSSR count). The maximum atomic E-state index is 14.6. The third-order valence-electron chi connectivity index (χ3n) is 7.03. The standard InChI is InChI=1S/C26H25FN10O/c27-19-5-4-18(25-29-7-14-38-25)15-20(19)35-11-8-34(9-12-35)10-13-36-16-30-22-23(36)32-26(28)37-24(22)31-21(33-37)6-3-17-1-2-17/h4-5,7,14-17H,1-2,8-13H2,(H2,28,32). The number of halogens is 1. The predicted molar refractivity (Wildman–Crippen MR) is 139 cm³/mol. The zero-order valence-electron chi connectivity index (χ0n) is 20.6. The van der Waals surface area contributed by atoms with E-state index in [0.29, 0.717) is 59.8 Å². The van der Waals surface area contributed by atoms with E-state index < -0.39 is 0 Å². The Morgan fingerprint density at radius 2 is 1.92 bits per heavy atom. The molecule has 0 atom stereocenters. The first-order valence-electron chi connectivity index (χ1n) is 12.7. The number of anilines is 2. The van der Waals surface area contributed by atoms with Crippen molar-refractivity contribution in [2.75, 3.05) is 43.4 Å². The molecule has 1 saturated carbocycles. The highest BCUT2D eigenvalue weighted by Crippen LogP contribution is 2.28. The Labute approximate surface area is 217 Å². The number of nitrogen functional groups attached to an aromatic ring is 1. The second-order valence-corrected chi connectivity index (χ2v) is 9.63. The minimum absolute atomic E-state index is 0.247. The quantitative estimate of drug-likeness (QED) is 0.354. The minimum Gasteiger partial charge on any atom is -0.445 e. The summed E-state index contributed by atoms with van der Waals surface area (Å²) < 4.78 is 23.5. The third kappa shape index (κ3) is 4.20. The number of oxazole rings is 1. The molecule has 192 valence electrons. The highest BCUT2D eigenvalue weighted by Gasteiger charge is 2.22. The van der Waals surface area contributed by atoms with Gasteiger partial charge in [-0.05, 0) is 37.0 Å². The highest BCUT2D eigenvalue weighted by atomic mass is 19.1. The molecule has 2 fully saturated rings. The molecule has 11 nitrogen and oxygen atoms in total. The predicted octanol–water partition coefficient (Wildman–Crippen LogP) is 2.43. The molecule has 12 heteroatoms. The number of piperazine rings is 1. The fraction of sp³-hybridized carbons (Fsp3) is 0.346. The molecule has 0 radical (unpaired) electrons. The molecule has 5 heterocycles. The maximum Gasteiger partial charge on any atom is 0.226 e. The SMILES string of the molecule is Nc1nc2c(ncn2CCN2CCN(c3cc(-c4ncco4)ccc3F)CC2)c2nc(C#CC3CC3)nn12. The molecular weight excluding hydrogens is 487 g/mol. The molecule has 1 aliphatic heterocycles. The van der Waals surface area contributed by atoms with Crippen molar-refractivity contribution in [3.63, 3.8) is 0 Å². The second kappa shape index (κ2) is 9.11. The van der Waals surface area contributed by atoms with Crippen molar-refractivity contribution in [3.8, 4) is 23.3 Å². The van der Waals surface area contributed by atoms with E-state index >= 15 is 0 Å². The average molecular weight is 513 g/mol. The van der Waals surface area contributed by atoms with Crippen molar-refractivity contribution >= 4 is 28.4 Å². The summed E-state index contributed by atoms with van der Waals surface area (Å²) in [4.78, 5) is 22.3. The Bertz CT molecular complexity index is 1680. The smallest absolute Gasteiger partial charge is 0.226 e. The summed E-state index contributed by atoms with van der Waals surface area (Å²) in [5.41, 5.74) is 9.42. The molecule has 2 N–H and O–H groups in total. The van der Waals surface area contributed by atoms with Gasteiger partial charge in [0, 0.05) is 50.7 Å². The maximum absolute atomic E-state index is 14.6. The molecule has 1 aromatic carbocycles. The van der Waals surface area contributed by atoms with Crippen molar-refractivity contribution in [2.45, 2.75) is 19.4 Å². The van der Waals surface area contributed by atoms with Crippen LogP contribution in [-0.2, 0) is 6.54 Å². The monoisotopic (exact) mass is 512 g/mol. The van der Waals surface area contributed by atoms with Gasteiger partial charge in [0.15, 0.2) is 16.8 Å². The fourth-order valence-corrected chi connectivity index (χ4v) is 4.76. The topological polar surface area (TPSA) is 119 Å². The van der Waals surface area contributed by atoms with Gasteiger partial charge in [0.1, 0.15) is 12.1 Å². The van der Waals surface area contributed by atoms with Crippen LogP contribution in [-0.4, -0.2) is 71.7 Å². The number of nitrogens with zero attached hydrogens (tertiary/aromatic N) is 9. The Kier molecular flexibility index (Phi) is 5.44. The van der Waals surface area contributed by atoms with Crippen LogP contribution in [0.3, 0.4) is 0 Å². The van der Waals surface area contributed by atoms with Crippen LogP contribution in [0.15, 0.2) is 41.4 Å². The summed E-state index contributed by atoms with van der Waals surface area (Å²) >= 11 is 0. The summed E-state index contributed by atoms with van der Waals surface area (Å²) in [5, 5.41) is 4.40. The Hall–Kier alpha value is -4.50. The molecule has 0 spiro atoms. The molecule has 0 bridgehead atoms. The summed E-state index contributed by atoms with van der Waals surface area (Å²) in [5.74, 6) is 7.60. The van der Waals surface area contributed by atoms with Crippen LogP contribution in [0.4, 0.5) is 16.0 Å². The van der Waals surface area contributed by atoms with Crippen LogP contribution in [0.5, 0.6) is 0 Å². The van der Waals surface area contributed by atoms with Crippen LogP contribution in [0, 0.1) is 23.6 Å². The first kappa shape index (κ1) is 22.7. The van der Waals surface area contributed by atoms with E-state index in [4.69, 9.17) is 10.2 Å². The third-order valence-corrected chi connectivity index (χ3v) is 7.03. The lowest BCUT2D eigenvalue weighted by Gasteiger charge is -2.36. The van der Waals surface area contributed by atoms with Crippen LogP contribution in [0.25, 0.3) is 28.3 Å². The van der Waals surface area contributed by atoms with Gasteiger partial charge in [0.2, 0.25) is 17.7 Å². The highest BCUT2D eigenvalue weighted by molar-refractivity contribution is 5.86.